The number of aromatic amines is 1. The van der Waals surface area contributed by atoms with Crippen LogP contribution in [0, 0.1) is 5.82 Å². The minimum atomic E-state index is -4.56. The van der Waals surface area contributed by atoms with Crippen LogP contribution in [-0.4, -0.2) is 40.6 Å². The zero-order valence-corrected chi connectivity index (χ0v) is 20.9. The Labute approximate surface area is 213 Å². The van der Waals surface area contributed by atoms with Crippen LogP contribution in [0.25, 0.3) is 10.8 Å². The first-order chi connectivity index (χ1) is 17.5. The van der Waals surface area contributed by atoms with E-state index in [1.807, 2.05) is 0 Å². The van der Waals surface area contributed by atoms with Crippen molar-refractivity contribution in [2.45, 2.75) is 12.6 Å². The molecule has 1 aliphatic heterocycles. The highest BCUT2D eigenvalue weighted by Gasteiger charge is 2.35. The van der Waals surface area contributed by atoms with Crippen LogP contribution in [0.3, 0.4) is 0 Å². The Morgan fingerprint density at radius 1 is 1.05 bits per heavy atom. The zero-order chi connectivity index (χ0) is 26.4. The Morgan fingerprint density at radius 3 is 2.43 bits per heavy atom. The summed E-state index contributed by atoms with van der Waals surface area (Å²) >= 11 is 6.07. The maximum Gasteiger partial charge on any atom is 0.417 e. The van der Waals surface area contributed by atoms with E-state index in [9.17, 15) is 26.9 Å². The Bertz CT molecular complexity index is 1600. The van der Waals surface area contributed by atoms with Crippen LogP contribution in [0.15, 0.2) is 59.5 Å². The molecular formula is C25H20ClF4N4O2P. The van der Waals surface area contributed by atoms with Gasteiger partial charge in [0.2, 0.25) is 0 Å². The first-order valence-corrected chi connectivity index (χ1v) is 13.8. The summed E-state index contributed by atoms with van der Waals surface area (Å²) in [5.74, 6) is -0.406. The Balaban J connectivity index is 1.38. The lowest BCUT2D eigenvalue weighted by atomic mass is 10.0. The third-order valence-corrected chi connectivity index (χ3v) is 9.85. The number of alkyl halides is 3. The van der Waals surface area contributed by atoms with Gasteiger partial charge in [0, 0.05) is 48.7 Å². The summed E-state index contributed by atoms with van der Waals surface area (Å²) in [5, 5.41) is 7.78. The van der Waals surface area contributed by atoms with Crippen molar-refractivity contribution in [2.75, 3.05) is 30.3 Å². The molecule has 0 saturated carbocycles. The third-order valence-electron chi connectivity index (χ3n) is 6.51. The van der Waals surface area contributed by atoms with Crippen molar-refractivity contribution in [3.63, 3.8) is 0 Å². The summed E-state index contributed by atoms with van der Waals surface area (Å²) in [6, 6.07) is 12.3. The molecule has 2 aromatic heterocycles. The van der Waals surface area contributed by atoms with Crippen molar-refractivity contribution in [3.05, 3.63) is 92.7 Å². The number of H-pyrrole nitrogens is 1. The van der Waals surface area contributed by atoms with Gasteiger partial charge in [0.15, 0.2) is 0 Å². The number of nitrogens with zero attached hydrogens (tertiary/aromatic N) is 3. The van der Waals surface area contributed by atoms with E-state index in [0.717, 1.165) is 6.07 Å². The van der Waals surface area contributed by atoms with Gasteiger partial charge in [-0.15, -0.1) is 0 Å². The molecule has 5 rings (SSSR count). The van der Waals surface area contributed by atoms with Crippen molar-refractivity contribution < 1.29 is 22.1 Å². The fraction of sp³-hybridized carbons (Fsp3) is 0.240. The zero-order valence-electron chi connectivity index (χ0n) is 19.2. The minimum Gasteiger partial charge on any atom is -0.354 e. The average molecular weight is 551 g/mol. The molecule has 0 radical (unpaired) electrons. The Hall–Kier alpha value is -3.23. The van der Waals surface area contributed by atoms with E-state index in [0.29, 0.717) is 34.6 Å². The Kier molecular flexibility index (Phi) is 6.58. The smallest absolute Gasteiger partial charge is 0.354 e. The predicted molar refractivity (Wildman–Crippen MR) is 135 cm³/mol. The van der Waals surface area contributed by atoms with Gasteiger partial charge < -0.3 is 9.46 Å². The van der Waals surface area contributed by atoms with Gasteiger partial charge in [0.25, 0.3) is 5.56 Å². The summed E-state index contributed by atoms with van der Waals surface area (Å²) in [5.41, 5.74) is 0.0284. The Morgan fingerprint density at radius 2 is 1.76 bits per heavy atom. The number of hydrogen-bond acceptors (Lipinski definition) is 5. The first-order valence-electron chi connectivity index (χ1n) is 11.4. The number of pyridine rings is 1. The molecule has 1 fully saturated rings. The molecule has 4 aromatic rings. The van der Waals surface area contributed by atoms with Gasteiger partial charge in [-0.05, 0) is 29.8 Å². The molecular weight excluding hydrogens is 531 g/mol. The van der Waals surface area contributed by atoms with Crippen LogP contribution in [-0.2, 0) is 17.2 Å². The molecule has 0 amide bonds. The van der Waals surface area contributed by atoms with E-state index >= 15 is 0 Å². The van der Waals surface area contributed by atoms with E-state index in [-0.39, 0.29) is 47.1 Å². The van der Waals surface area contributed by atoms with Crippen molar-refractivity contribution >= 4 is 40.6 Å². The van der Waals surface area contributed by atoms with E-state index in [1.165, 1.54) is 6.07 Å². The lowest BCUT2D eigenvalue weighted by Crippen LogP contribution is -2.38. The van der Waals surface area contributed by atoms with Gasteiger partial charge in [-0.1, -0.05) is 35.9 Å². The van der Waals surface area contributed by atoms with Crippen molar-refractivity contribution in [1.29, 1.82) is 0 Å². The number of hydrogen-bond donors (Lipinski definition) is 1. The molecule has 6 nitrogen and oxygen atoms in total. The van der Waals surface area contributed by atoms with Gasteiger partial charge in [-0.25, -0.2) is 14.5 Å². The molecule has 3 heterocycles. The number of rotatable bonds is 4. The number of benzene rings is 2. The molecule has 192 valence electrons. The molecule has 1 aliphatic rings. The van der Waals surface area contributed by atoms with Gasteiger partial charge in [0.1, 0.15) is 18.8 Å². The summed E-state index contributed by atoms with van der Waals surface area (Å²) in [6.45, 7) is 0.399. The van der Waals surface area contributed by atoms with Gasteiger partial charge in [-0.2, -0.15) is 18.3 Å². The second-order valence-corrected chi connectivity index (χ2v) is 12.4. The summed E-state index contributed by atoms with van der Waals surface area (Å²) in [7, 11) is -3.15. The largest absolute Gasteiger partial charge is 0.417 e. The number of anilines is 1. The molecule has 0 bridgehead atoms. The molecule has 37 heavy (non-hydrogen) atoms. The topological polar surface area (TPSA) is 79.0 Å². The fourth-order valence-corrected chi connectivity index (χ4v) is 7.52. The van der Waals surface area contributed by atoms with Crippen molar-refractivity contribution in [3.8, 4) is 0 Å². The SMILES string of the molecule is O=c1[nH]nc(Cc2ccc(F)c(P3(=O)CCN(c4ncc(C(F)(F)F)cc4Cl)CC3)c2)c2ccccc12. The normalized spacial score (nSPS) is 15.8. The molecule has 0 aliphatic carbocycles. The molecule has 12 heteroatoms. The maximum atomic E-state index is 14.9. The predicted octanol–water partition coefficient (Wildman–Crippen LogP) is 5.23. The van der Waals surface area contributed by atoms with Crippen LogP contribution in [0.2, 0.25) is 5.02 Å². The molecule has 1 N–H and O–H groups in total. The molecule has 0 unspecified atom stereocenters. The highest BCUT2D eigenvalue weighted by atomic mass is 35.5. The van der Waals surface area contributed by atoms with Gasteiger partial charge in [0.05, 0.1) is 21.7 Å². The van der Waals surface area contributed by atoms with Gasteiger partial charge in [-0.3, -0.25) is 4.79 Å². The molecule has 1 saturated heterocycles. The minimum absolute atomic E-state index is 0.117. The van der Waals surface area contributed by atoms with Crippen molar-refractivity contribution in [2.24, 2.45) is 0 Å². The lowest BCUT2D eigenvalue weighted by Gasteiger charge is -2.34. The van der Waals surface area contributed by atoms with Gasteiger partial charge >= 0.3 is 6.18 Å². The number of aromatic nitrogens is 3. The van der Waals surface area contributed by atoms with E-state index in [1.54, 1.807) is 41.3 Å². The summed E-state index contributed by atoms with van der Waals surface area (Å²) < 4.78 is 67.5. The second kappa shape index (κ2) is 9.58. The lowest BCUT2D eigenvalue weighted by molar-refractivity contribution is -0.137. The summed E-state index contributed by atoms with van der Waals surface area (Å²) in [6.07, 6.45) is -3.32. The number of fused-ring (bicyclic) bond motifs is 1. The van der Waals surface area contributed by atoms with Crippen LogP contribution < -0.4 is 15.8 Å². The van der Waals surface area contributed by atoms with E-state index in [4.69, 9.17) is 11.6 Å². The molecule has 0 spiro atoms. The van der Waals surface area contributed by atoms with Crippen LogP contribution in [0.4, 0.5) is 23.4 Å². The van der Waals surface area contributed by atoms with E-state index < -0.39 is 24.7 Å². The quantitative estimate of drug-likeness (QED) is 0.278. The first kappa shape index (κ1) is 25.4. The second-order valence-electron chi connectivity index (χ2n) is 8.86. The van der Waals surface area contributed by atoms with Crippen LogP contribution in [0.5, 0.6) is 0 Å². The molecule has 2 aromatic carbocycles. The number of nitrogens with one attached hydrogen (secondary N) is 1. The monoisotopic (exact) mass is 550 g/mol. The maximum absolute atomic E-state index is 14.9. The standard InChI is InChI=1S/C25H20ClF4N4O2P/c26-19-13-16(25(28,29)30)14-31-23(19)34-7-9-37(36,10-8-34)22-12-15(5-6-20(22)27)11-21-17-3-1-2-4-18(17)24(35)33-32-21/h1-6,12-14H,7-11H2,(H,33,35). The third kappa shape index (κ3) is 5.00. The van der Waals surface area contributed by atoms with Crippen LogP contribution >= 0.6 is 18.7 Å². The molecule has 0 atom stereocenters. The fourth-order valence-electron chi connectivity index (χ4n) is 4.54. The van der Waals surface area contributed by atoms with Crippen LogP contribution in [0.1, 0.15) is 16.8 Å². The number of halogens is 5. The highest BCUT2D eigenvalue weighted by Crippen LogP contribution is 2.48. The average Bonchev–Trinajstić information content (AvgIpc) is 2.87. The summed E-state index contributed by atoms with van der Waals surface area (Å²) in [4.78, 5) is 17.6. The highest BCUT2D eigenvalue weighted by molar-refractivity contribution is 7.71. The van der Waals surface area contributed by atoms with Crippen molar-refractivity contribution in [1.82, 2.24) is 15.2 Å². The van der Waals surface area contributed by atoms with E-state index in [2.05, 4.69) is 15.2 Å².